The Labute approximate surface area is 119 Å². The molecule has 0 unspecified atom stereocenters. The Morgan fingerprint density at radius 3 is 2.55 bits per heavy atom. The summed E-state index contributed by atoms with van der Waals surface area (Å²) in [5.74, 6) is 1.16. The third-order valence-electron chi connectivity index (χ3n) is 4.32. The number of aromatic amines is 1. The SMILES string of the molecule is Cc1ccc(-c2nc(C3CCCC3)cc(=O)[nH]2)cc1C. The molecule has 1 saturated carbocycles. The van der Waals surface area contributed by atoms with Gasteiger partial charge in [-0.15, -0.1) is 0 Å². The van der Waals surface area contributed by atoms with Crippen LogP contribution in [0.2, 0.25) is 0 Å². The van der Waals surface area contributed by atoms with Crippen molar-refractivity contribution in [3.63, 3.8) is 0 Å². The molecule has 3 heteroatoms. The van der Waals surface area contributed by atoms with Gasteiger partial charge < -0.3 is 4.98 Å². The highest BCUT2D eigenvalue weighted by Gasteiger charge is 2.19. The van der Waals surface area contributed by atoms with E-state index in [-0.39, 0.29) is 5.56 Å². The molecule has 1 aromatic heterocycles. The van der Waals surface area contributed by atoms with Crippen LogP contribution < -0.4 is 5.56 Å². The first-order chi connectivity index (χ1) is 9.63. The second-order valence-electron chi connectivity index (χ2n) is 5.80. The van der Waals surface area contributed by atoms with Gasteiger partial charge in [-0.2, -0.15) is 0 Å². The van der Waals surface area contributed by atoms with E-state index in [0.29, 0.717) is 11.7 Å². The van der Waals surface area contributed by atoms with E-state index in [9.17, 15) is 4.79 Å². The molecule has 0 aliphatic heterocycles. The second kappa shape index (κ2) is 5.23. The van der Waals surface area contributed by atoms with Gasteiger partial charge in [0.05, 0.1) is 5.69 Å². The van der Waals surface area contributed by atoms with Gasteiger partial charge in [-0.05, 0) is 43.9 Å². The average Bonchev–Trinajstić information content (AvgIpc) is 2.95. The van der Waals surface area contributed by atoms with Crippen molar-refractivity contribution in [3.05, 3.63) is 51.4 Å². The zero-order valence-corrected chi connectivity index (χ0v) is 12.1. The van der Waals surface area contributed by atoms with Crippen molar-refractivity contribution in [1.82, 2.24) is 9.97 Å². The summed E-state index contributed by atoms with van der Waals surface area (Å²) in [7, 11) is 0. The smallest absolute Gasteiger partial charge is 0.251 e. The van der Waals surface area contributed by atoms with Crippen molar-refractivity contribution in [2.75, 3.05) is 0 Å². The monoisotopic (exact) mass is 268 g/mol. The zero-order chi connectivity index (χ0) is 14.1. The van der Waals surface area contributed by atoms with Crippen LogP contribution >= 0.6 is 0 Å². The molecule has 0 radical (unpaired) electrons. The molecular formula is C17H20N2O. The lowest BCUT2D eigenvalue weighted by Crippen LogP contribution is -2.12. The predicted octanol–water partition coefficient (Wildman–Crippen LogP) is 3.71. The van der Waals surface area contributed by atoms with Crippen molar-refractivity contribution in [2.24, 2.45) is 0 Å². The molecule has 1 heterocycles. The highest BCUT2D eigenvalue weighted by Crippen LogP contribution is 2.33. The van der Waals surface area contributed by atoms with Gasteiger partial charge in [-0.1, -0.05) is 25.0 Å². The van der Waals surface area contributed by atoms with Gasteiger partial charge in [0.2, 0.25) is 0 Å². The Hall–Kier alpha value is -1.90. The van der Waals surface area contributed by atoms with Gasteiger partial charge >= 0.3 is 0 Å². The number of aromatic nitrogens is 2. The summed E-state index contributed by atoms with van der Waals surface area (Å²) in [6.07, 6.45) is 4.81. The molecule has 3 rings (SSSR count). The van der Waals surface area contributed by atoms with Gasteiger partial charge in [0.15, 0.2) is 0 Å². The van der Waals surface area contributed by atoms with Crippen molar-refractivity contribution >= 4 is 0 Å². The minimum Gasteiger partial charge on any atom is -0.307 e. The highest BCUT2D eigenvalue weighted by atomic mass is 16.1. The third kappa shape index (κ3) is 2.53. The first-order valence-corrected chi connectivity index (χ1v) is 7.32. The molecule has 20 heavy (non-hydrogen) atoms. The van der Waals surface area contributed by atoms with E-state index in [4.69, 9.17) is 4.98 Å². The second-order valence-corrected chi connectivity index (χ2v) is 5.80. The average molecular weight is 268 g/mol. The number of hydrogen-bond acceptors (Lipinski definition) is 2. The van der Waals surface area contributed by atoms with Gasteiger partial charge in [-0.3, -0.25) is 4.79 Å². The fourth-order valence-electron chi connectivity index (χ4n) is 2.93. The molecule has 1 fully saturated rings. The molecule has 0 amide bonds. The molecule has 0 saturated heterocycles. The topological polar surface area (TPSA) is 45.8 Å². The van der Waals surface area contributed by atoms with Crippen LogP contribution in [0.3, 0.4) is 0 Å². The molecule has 1 aromatic carbocycles. The number of benzene rings is 1. The number of H-pyrrole nitrogens is 1. The Balaban J connectivity index is 2.04. The quantitative estimate of drug-likeness (QED) is 0.902. The molecule has 1 aliphatic rings. The van der Waals surface area contributed by atoms with Crippen LogP contribution in [0.4, 0.5) is 0 Å². The number of hydrogen-bond donors (Lipinski definition) is 1. The van der Waals surface area contributed by atoms with Crippen LogP contribution in [0, 0.1) is 13.8 Å². The summed E-state index contributed by atoms with van der Waals surface area (Å²) in [6, 6.07) is 7.86. The predicted molar refractivity (Wildman–Crippen MR) is 81.0 cm³/mol. The maximum atomic E-state index is 11.9. The lowest BCUT2D eigenvalue weighted by molar-refractivity contribution is 0.693. The molecule has 0 spiro atoms. The van der Waals surface area contributed by atoms with Gasteiger partial charge in [0.1, 0.15) is 5.82 Å². The Bertz CT molecular complexity index is 682. The van der Waals surface area contributed by atoms with E-state index in [1.165, 1.54) is 24.0 Å². The minimum absolute atomic E-state index is 0.0462. The van der Waals surface area contributed by atoms with E-state index in [1.807, 2.05) is 6.07 Å². The van der Waals surface area contributed by atoms with Crippen molar-refractivity contribution < 1.29 is 0 Å². The van der Waals surface area contributed by atoms with Crippen LogP contribution in [0.1, 0.15) is 48.4 Å². The Kier molecular flexibility index (Phi) is 3.43. The van der Waals surface area contributed by atoms with Crippen LogP contribution in [-0.4, -0.2) is 9.97 Å². The number of aryl methyl sites for hydroxylation is 2. The highest BCUT2D eigenvalue weighted by molar-refractivity contribution is 5.57. The molecular weight excluding hydrogens is 248 g/mol. The van der Waals surface area contributed by atoms with Crippen LogP contribution in [-0.2, 0) is 0 Å². The first-order valence-electron chi connectivity index (χ1n) is 7.32. The van der Waals surface area contributed by atoms with Gasteiger partial charge in [0, 0.05) is 17.5 Å². The molecule has 0 atom stereocenters. The number of nitrogens with one attached hydrogen (secondary N) is 1. The molecule has 3 nitrogen and oxygen atoms in total. The lowest BCUT2D eigenvalue weighted by Gasteiger charge is -2.10. The van der Waals surface area contributed by atoms with Crippen molar-refractivity contribution in [3.8, 4) is 11.4 Å². The van der Waals surface area contributed by atoms with Gasteiger partial charge in [-0.25, -0.2) is 4.98 Å². The fraction of sp³-hybridized carbons (Fsp3) is 0.412. The van der Waals surface area contributed by atoms with Crippen molar-refractivity contribution in [1.29, 1.82) is 0 Å². The van der Waals surface area contributed by atoms with E-state index in [0.717, 1.165) is 24.1 Å². The molecule has 1 N–H and O–H groups in total. The van der Waals surface area contributed by atoms with Crippen LogP contribution in [0.25, 0.3) is 11.4 Å². The van der Waals surface area contributed by atoms with Crippen LogP contribution in [0.15, 0.2) is 29.1 Å². The Morgan fingerprint density at radius 1 is 1.10 bits per heavy atom. The molecule has 2 aromatic rings. The number of nitrogens with zero attached hydrogens (tertiary/aromatic N) is 1. The zero-order valence-electron chi connectivity index (χ0n) is 12.1. The third-order valence-corrected chi connectivity index (χ3v) is 4.32. The van der Waals surface area contributed by atoms with E-state index in [2.05, 4.69) is 31.0 Å². The lowest BCUT2D eigenvalue weighted by atomic mass is 10.0. The molecule has 104 valence electrons. The summed E-state index contributed by atoms with van der Waals surface area (Å²) in [6.45, 7) is 4.17. The summed E-state index contributed by atoms with van der Waals surface area (Å²) < 4.78 is 0. The van der Waals surface area contributed by atoms with Crippen LogP contribution in [0.5, 0.6) is 0 Å². The molecule has 0 bridgehead atoms. The largest absolute Gasteiger partial charge is 0.307 e. The van der Waals surface area contributed by atoms with E-state index < -0.39 is 0 Å². The summed E-state index contributed by atoms with van der Waals surface area (Å²) in [5.41, 5.74) is 4.37. The summed E-state index contributed by atoms with van der Waals surface area (Å²) in [5, 5.41) is 0. The van der Waals surface area contributed by atoms with E-state index >= 15 is 0 Å². The molecule has 1 aliphatic carbocycles. The normalized spacial score (nSPS) is 15.7. The fourth-order valence-corrected chi connectivity index (χ4v) is 2.93. The summed E-state index contributed by atoms with van der Waals surface area (Å²) in [4.78, 5) is 19.5. The maximum absolute atomic E-state index is 11.9. The minimum atomic E-state index is -0.0462. The Morgan fingerprint density at radius 2 is 1.85 bits per heavy atom. The maximum Gasteiger partial charge on any atom is 0.251 e. The summed E-state index contributed by atoms with van der Waals surface area (Å²) >= 11 is 0. The standard InChI is InChI=1S/C17H20N2O/c1-11-7-8-14(9-12(11)2)17-18-15(10-16(20)19-17)13-5-3-4-6-13/h7-10,13H,3-6H2,1-2H3,(H,18,19,20). The van der Waals surface area contributed by atoms with Crippen molar-refractivity contribution in [2.45, 2.75) is 45.4 Å². The number of rotatable bonds is 2. The van der Waals surface area contributed by atoms with E-state index in [1.54, 1.807) is 6.07 Å². The first kappa shape index (κ1) is 13.1. The van der Waals surface area contributed by atoms with Gasteiger partial charge in [0.25, 0.3) is 5.56 Å².